The number of benzene rings is 1. The zero-order chi connectivity index (χ0) is 17.6. The zero-order valence-corrected chi connectivity index (χ0v) is 14.2. The van der Waals surface area contributed by atoms with Crippen molar-refractivity contribution in [3.05, 3.63) is 40.8 Å². The van der Waals surface area contributed by atoms with Crippen LogP contribution in [0.15, 0.2) is 22.7 Å². The summed E-state index contributed by atoms with van der Waals surface area (Å²) in [7, 11) is 0. The second kappa shape index (κ2) is 6.07. The predicted octanol–water partition coefficient (Wildman–Crippen LogP) is 2.32. The molecule has 0 radical (unpaired) electrons. The Morgan fingerprint density at radius 1 is 1.28 bits per heavy atom. The molecule has 2 aliphatic heterocycles. The minimum atomic E-state index is -0.774. The van der Waals surface area contributed by atoms with Gasteiger partial charge in [0.05, 0.1) is 11.6 Å². The number of aromatic nitrogens is 1. The number of hydrogen-bond acceptors (Lipinski definition) is 6. The fraction of sp³-hybridized carbons (Fsp3) is 0.444. The molecule has 4 rings (SSSR count). The summed E-state index contributed by atoms with van der Waals surface area (Å²) in [5, 5.41) is 13.7. The third-order valence-corrected chi connectivity index (χ3v) is 5.10. The van der Waals surface area contributed by atoms with Crippen molar-refractivity contribution in [2.24, 2.45) is 5.92 Å². The van der Waals surface area contributed by atoms with Crippen molar-refractivity contribution < 1.29 is 23.9 Å². The van der Waals surface area contributed by atoms with Crippen molar-refractivity contribution in [3.63, 3.8) is 0 Å². The molecule has 0 spiro atoms. The van der Waals surface area contributed by atoms with E-state index in [4.69, 9.17) is 14.0 Å². The monoisotopic (exact) mass is 344 g/mol. The van der Waals surface area contributed by atoms with E-state index in [-0.39, 0.29) is 12.7 Å². The van der Waals surface area contributed by atoms with Gasteiger partial charge in [-0.05, 0) is 31.5 Å². The van der Waals surface area contributed by atoms with Crippen LogP contribution < -0.4 is 9.47 Å². The first-order valence-corrected chi connectivity index (χ1v) is 8.29. The summed E-state index contributed by atoms with van der Waals surface area (Å²) in [6.45, 7) is 5.82. The fourth-order valence-electron chi connectivity index (χ4n) is 3.70. The van der Waals surface area contributed by atoms with E-state index >= 15 is 0 Å². The highest BCUT2D eigenvalue weighted by Gasteiger charge is 2.39. The highest BCUT2D eigenvalue weighted by Crippen LogP contribution is 2.39. The molecule has 2 atom stereocenters. The first-order chi connectivity index (χ1) is 12.0. The number of aliphatic carboxylic acids is 1. The highest BCUT2D eigenvalue weighted by molar-refractivity contribution is 5.72. The van der Waals surface area contributed by atoms with Crippen LogP contribution in [0.3, 0.4) is 0 Å². The second-order valence-corrected chi connectivity index (χ2v) is 6.66. The van der Waals surface area contributed by atoms with Gasteiger partial charge in [-0.25, -0.2) is 0 Å². The number of carboxylic acids is 1. The van der Waals surface area contributed by atoms with Gasteiger partial charge in [0.2, 0.25) is 6.79 Å². The molecule has 0 saturated carbocycles. The first kappa shape index (κ1) is 16.0. The van der Waals surface area contributed by atoms with Gasteiger partial charge < -0.3 is 19.1 Å². The van der Waals surface area contributed by atoms with Crippen LogP contribution in [0, 0.1) is 19.8 Å². The van der Waals surface area contributed by atoms with E-state index in [1.165, 1.54) is 0 Å². The van der Waals surface area contributed by atoms with E-state index in [1.807, 2.05) is 32.0 Å². The van der Waals surface area contributed by atoms with E-state index in [2.05, 4.69) is 10.1 Å². The molecule has 2 aromatic rings. The number of aryl methyl sites for hydroxylation is 2. The van der Waals surface area contributed by atoms with Crippen LogP contribution in [0.1, 0.15) is 28.5 Å². The Kier molecular flexibility index (Phi) is 3.88. The zero-order valence-electron chi connectivity index (χ0n) is 14.2. The Bertz CT molecular complexity index is 796. The van der Waals surface area contributed by atoms with Gasteiger partial charge in [0.1, 0.15) is 5.76 Å². The van der Waals surface area contributed by atoms with Crippen molar-refractivity contribution in [2.45, 2.75) is 26.3 Å². The van der Waals surface area contributed by atoms with Crippen molar-refractivity contribution in [2.75, 3.05) is 19.9 Å². The van der Waals surface area contributed by atoms with E-state index in [9.17, 15) is 9.90 Å². The maximum absolute atomic E-state index is 11.8. The average molecular weight is 344 g/mol. The van der Waals surface area contributed by atoms with Crippen molar-refractivity contribution in [1.29, 1.82) is 0 Å². The van der Waals surface area contributed by atoms with Crippen molar-refractivity contribution >= 4 is 5.97 Å². The molecule has 7 nitrogen and oxygen atoms in total. The lowest BCUT2D eigenvalue weighted by Gasteiger charge is -2.16. The van der Waals surface area contributed by atoms with Gasteiger partial charge in [0, 0.05) is 31.1 Å². The van der Waals surface area contributed by atoms with Gasteiger partial charge >= 0.3 is 5.97 Å². The molecule has 1 aromatic heterocycles. The molecule has 1 aromatic carbocycles. The quantitative estimate of drug-likeness (QED) is 0.911. The summed E-state index contributed by atoms with van der Waals surface area (Å²) < 4.78 is 16.0. The first-order valence-electron chi connectivity index (χ1n) is 8.29. The molecule has 0 bridgehead atoms. The predicted molar refractivity (Wildman–Crippen MR) is 87.7 cm³/mol. The molecule has 7 heteroatoms. The molecule has 1 saturated heterocycles. The summed E-state index contributed by atoms with van der Waals surface area (Å²) in [5.41, 5.74) is 2.87. The molecule has 0 amide bonds. The molecule has 0 unspecified atom stereocenters. The topological polar surface area (TPSA) is 85.0 Å². The number of nitrogens with zero attached hydrogens (tertiary/aromatic N) is 2. The van der Waals surface area contributed by atoms with Gasteiger partial charge in [-0.1, -0.05) is 11.2 Å². The largest absolute Gasteiger partial charge is 0.481 e. The van der Waals surface area contributed by atoms with E-state index in [1.54, 1.807) is 0 Å². The van der Waals surface area contributed by atoms with Crippen LogP contribution in [-0.2, 0) is 11.3 Å². The van der Waals surface area contributed by atoms with Gasteiger partial charge in [-0.15, -0.1) is 0 Å². The Morgan fingerprint density at radius 3 is 2.80 bits per heavy atom. The van der Waals surface area contributed by atoms with Gasteiger partial charge in [-0.3, -0.25) is 9.69 Å². The van der Waals surface area contributed by atoms with E-state index in [0.717, 1.165) is 22.6 Å². The standard InChI is InChI=1S/C18H20N2O5/c1-10-13(11(2)25-19-10)6-20-7-14(15(8-20)18(21)22)12-3-4-16-17(5-12)24-9-23-16/h3-5,14-15H,6-9H2,1-2H3,(H,21,22)/t14-,15+/m0/s1. The number of carbonyl (C=O) groups is 1. The van der Waals surface area contributed by atoms with Crippen LogP contribution in [-0.4, -0.2) is 41.0 Å². The Morgan fingerprint density at radius 2 is 2.08 bits per heavy atom. The van der Waals surface area contributed by atoms with Gasteiger partial charge in [-0.2, -0.15) is 0 Å². The number of fused-ring (bicyclic) bond motifs is 1. The summed E-state index contributed by atoms with van der Waals surface area (Å²) in [6, 6.07) is 5.70. The van der Waals surface area contributed by atoms with Gasteiger partial charge in [0.25, 0.3) is 0 Å². The van der Waals surface area contributed by atoms with Crippen LogP contribution >= 0.6 is 0 Å². The van der Waals surface area contributed by atoms with E-state index < -0.39 is 11.9 Å². The molecular weight excluding hydrogens is 324 g/mol. The number of hydrogen-bond donors (Lipinski definition) is 1. The summed E-state index contributed by atoms with van der Waals surface area (Å²) in [6.07, 6.45) is 0. The lowest BCUT2D eigenvalue weighted by Crippen LogP contribution is -2.23. The fourth-order valence-corrected chi connectivity index (χ4v) is 3.70. The summed E-state index contributed by atoms with van der Waals surface area (Å²) in [5.74, 6) is 0.861. The molecule has 2 aliphatic rings. The lowest BCUT2D eigenvalue weighted by atomic mass is 9.89. The normalized spacial score (nSPS) is 22.5. The minimum Gasteiger partial charge on any atom is -0.481 e. The van der Waals surface area contributed by atoms with Crippen LogP contribution in [0.25, 0.3) is 0 Å². The molecule has 132 valence electrons. The Balaban J connectivity index is 1.58. The summed E-state index contributed by atoms with van der Waals surface area (Å²) >= 11 is 0. The smallest absolute Gasteiger partial charge is 0.308 e. The van der Waals surface area contributed by atoms with Crippen LogP contribution in [0.4, 0.5) is 0 Å². The van der Waals surface area contributed by atoms with Gasteiger partial charge in [0.15, 0.2) is 11.5 Å². The third-order valence-electron chi connectivity index (χ3n) is 5.10. The lowest BCUT2D eigenvalue weighted by molar-refractivity contribution is -0.141. The number of likely N-dealkylation sites (tertiary alicyclic amines) is 1. The number of rotatable bonds is 4. The second-order valence-electron chi connectivity index (χ2n) is 6.66. The minimum absolute atomic E-state index is 0.0903. The Hall–Kier alpha value is -2.54. The maximum Gasteiger partial charge on any atom is 0.308 e. The molecule has 25 heavy (non-hydrogen) atoms. The molecular formula is C18H20N2O5. The molecule has 0 aliphatic carbocycles. The highest BCUT2D eigenvalue weighted by atomic mass is 16.7. The number of carboxylic acid groups (broad SMARTS) is 1. The van der Waals surface area contributed by atoms with Crippen LogP contribution in [0.5, 0.6) is 11.5 Å². The van der Waals surface area contributed by atoms with E-state index in [0.29, 0.717) is 31.1 Å². The van der Waals surface area contributed by atoms with Crippen molar-refractivity contribution in [3.8, 4) is 11.5 Å². The molecule has 1 fully saturated rings. The SMILES string of the molecule is Cc1noc(C)c1CN1C[C@@H](C(=O)O)[C@H](c2ccc3c(c2)OCO3)C1. The number of ether oxygens (including phenoxy) is 2. The molecule has 3 heterocycles. The Labute approximate surface area is 145 Å². The third kappa shape index (κ3) is 2.84. The average Bonchev–Trinajstić information content (AvgIpc) is 3.29. The molecule has 1 N–H and O–H groups in total. The maximum atomic E-state index is 11.8. The van der Waals surface area contributed by atoms with Crippen LogP contribution in [0.2, 0.25) is 0 Å². The summed E-state index contributed by atoms with van der Waals surface area (Å²) in [4.78, 5) is 13.9. The van der Waals surface area contributed by atoms with Crippen molar-refractivity contribution in [1.82, 2.24) is 10.1 Å².